The number of rotatable bonds is 1. The van der Waals surface area contributed by atoms with E-state index in [0.29, 0.717) is 0 Å². The van der Waals surface area contributed by atoms with Crippen molar-refractivity contribution in [3.05, 3.63) is 0 Å². The van der Waals surface area contributed by atoms with Crippen molar-refractivity contribution in [3.63, 3.8) is 0 Å². The van der Waals surface area contributed by atoms with E-state index in [1.165, 1.54) is 32.4 Å². The predicted molar refractivity (Wildman–Crippen MR) is 54.3 cm³/mol. The van der Waals surface area contributed by atoms with E-state index in [1.807, 2.05) is 13.8 Å². The van der Waals surface area contributed by atoms with Crippen molar-refractivity contribution in [1.29, 1.82) is 0 Å². The SMILES string of the molecule is CC.CC(C)N1CCC2(CC2)C1. The summed E-state index contributed by atoms with van der Waals surface area (Å²) in [6.07, 6.45) is 4.50. The van der Waals surface area contributed by atoms with Gasteiger partial charge in [0.15, 0.2) is 0 Å². The molecule has 0 bridgehead atoms. The highest BCUT2D eigenvalue weighted by Crippen LogP contribution is 2.52. The molecule has 12 heavy (non-hydrogen) atoms. The lowest BCUT2D eigenvalue weighted by atomic mass is 10.1. The van der Waals surface area contributed by atoms with Crippen molar-refractivity contribution < 1.29 is 0 Å². The highest BCUT2D eigenvalue weighted by atomic mass is 15.2. The average Bonchev–Trinajstić information content (AvgIpc) is 2.65. The Kier molecular flexibility index (Phi) is 3.16. The molecule has 1 heterocycles. The minimum absolute atomic E-state index is 0.778. The molecule has 1 saturated carbocycles. The van der Waals surface area contributed by atoms with E-state index in [4.69, 9.17) is 0 Å². The van der Waals surface area contributed by atoms with Crippen LogP contribution in [0.25, 0.3) is 0 Å². The Labute approximate surface area is 77.1 Å². The Morgan fingerprint density at radius 2 is 1.67 bits per heavy atom. The fraction of sp³-hybridized carbons (Fsp3) is 1.00. The minimum Gasteiger partial charge on any atom is -0.300 e. The summed E-state index contributed by atoms with van der Waals surface area (Å²) >= 11 is 0. The number of nitrogens with zero attached hydrogens (tertiary/aromatic N) is 1. The smallest absolute Gasteiger partial charge is 0.00412 e. The molecule has 1 spiro atoms. The Balaban J connectivity index is 0.000000336. The first-order valence-electron chi connectivity index (χ1n) is 5.46. The Morgan fingerprint density at radius 1 is 1.08 bits per heavy atom. The summed E-state index contributed by atoms with van der Waals surface area (Å²) < 4.78 is 0. The first-order valence-corrected chi connectivity index (χ1v) is 5.46. The van der Waals surface area contributed by atoms with Crippen LogP contribution in [-0.4, -0.2) is 24.0 Å². The summed E-state index contributed by atoms with van der Waals surface area (Å²) in [4.78, 5) is 2.62. The molecule has 0 amide bonds. The maximum absolute atomic E-state index is 2.62. The molecule has 0 N–H and O–H groups in total. The maximum Gasteiger partial charge on any atom is 0.00412 e. The van der Waals surface area contributed by atoms with E-state index in [9.17, 15) is 0 Å². The van der Waals surface area contributed by atoms with Crippen LogP contribution in [0.1, 0.15) is 47.0 Å². The second-order valence-electron chi connectivity index (χ2n) is 4.31. The second-order valence-corrected chi connectivity index (χ2v) is 4.31. The third kappa shape index (κ3) is 2.01. The number of hydrogen-bond donors (Lipinski definition) is 0. The second kappa shape index (κ2) is 3.78. The molecule has 0 aromatic rings. The average molecular weight is 169 g/mol. The van der Waals surface area contributed by atoms with Crippen molar-refractivity contribution in [3.8, 4) is 0 Å². The van der Waals surface area contributed by atoms with Crippen LogP contribution in [0.2, 0.25) is 0 Å². The molecule has 1 aliphatic heterocycles. The van der Waals surface area contributed by atoms with Gasteiger partial charge in [-0.15, -0.1) is 0 Å². The monoisotopic (exact) mass is 169 g/mol. The van der Waals surface area contributed by atoms with Crippen LogP contribution in [0.5, 0.6) is 0 Å². The molecule has 1 saturated heterocycles. The first-order chi connectivity index (χ1) is 5.72. The van der Waals surface area contributed by atoms with Gasteiger partial charge in [-0.05, 0) is 45.1 Å². The van der Waals surface area contributed by atoms with Crippen LogP contribution in [0.3, 0.4) is 0 Å². The summed E-state index contributed by atoms with van der Waals surface area (Å²) in [5.74, 6) is 0. The molecule has 1 nitrogen and oxygen atoms in total. The quantitative estimate of drug-likeness (QED) is 0.583. The molecule has 1 aliphatic carbocycles. The van der Waals surface area contributed by atoms with Crippen LogP contribution in [0, 0.1) is 5.41 Å². The molecule has 0 aromatic heterocycles. The van der Waals surface area contributed by atoms with Crippen LogP contribution in [0.4, 0.5) is 0 Å². The summed E-state index contributed by atoms with van der Waals surface area (Å²) in [5.41, 5.74) is 0.824. The Hall–Kier alpha value is -0.0400. The molecule has 72 valence electrons. The highest BCUT2D eigenvalue weighted by Gasteiger charge is 2.47. The molecule has 2 rings (SSSR count). The van der Waals surface area contributed by atoms with Gasteiger partial charge in [0.2, 0.25) is 0 Å². The zero-order valence-corrected chi connectivity index (χ0v) is 9.06. The molecule has 0 unspecified atom stereocenters. The molecule has 0 radical (unpaired) electrons. The van der Waals surface area contributed by atoms with Gasteiger partial charge in [0.25, 0.3) is 0 Å². The highest BCUT2D eigenvalue weighted by molar-refractivity contribution is 5.00. The molecular weight excluding hydrogens is 146 g/mol. The molecular formula is C11H23N. The fourth-order valence-electron chi connectivity index (χ4n) is 2.00. The van der Waals surface area contributed by atoms with Crippen LogP contribution in [-0.2, 0) is 0 Å². The lowest BCUT2D eigenvalue weighted by Crippen LogP contribution is -2.28. The van der Waals surface area contributed by atoms with Crippen molar-refractivity contribution in [2.75, 3.05) is 13.1 Å². The summed E-state index contributed by atoms with van der Waals surface area (Å²) in [6, 6.07) is 0.778. The largest absolute Gasteiger partial charge is 0.300 e. The van der Waals surface area contributed by atoms with Gasteiger partial charge in [-0.25, -0.2) is 0 Å². The van der Waals surface area contributed by atoms with Crippen LogP contribution < -0.4 is 0 Å². The predicted octanol–water partition coefficient (Wildman–Crippen LogP) is 2.91. The third-order valence-electron chi connectivity index (χ3n) is 3.16. The summed E-state index contributed by atoms with van der Waals surface area (Å²) in [6.45, 7) is 11.4. The van der Waals surface area contributed by atoms with Gasteiger partial charge < -0.3 is 4.90 Å². The fourth-order valence-corrected chi connectivity index (χ4v) is 2.00. The third-order valence-corrected chi connectivity index (χ3v) is 3.16. The molecule has 0 aromatic carbocycles. The zero-order valence-electron chi connectivity index (χ0n) is 9.06. The lowest BCUT2D eigenvalue weighted by molar-refractivity contribution is 0.262. The molecule has 1 heteroatoms. The van der Waals surface area contributed by atoms with E-state index < -0.39 is 0 Å². The van der Waals surface area contributed by atoms with Gasteiger partial charge in [-0.2, -0.15) is 0 Å². The van der Waals surface area contributed by atoms with Gasteiger partial charge in [-0.3, -0.25) is 0 Å². The maximum atomic E-state index is 2.62. The van der Waals surface area contributed by atoms with Crippen molar-refractivity contribution >= 4 is 0 Å². The van der Waals surface area contributed by atoms with Gasteiger partial charge in [0, 0.05) is 12.6 Å². The summed E-state index contributed by atoms with van der Waals surface area (Å²) in [7, 11) is 0. The molecule has 2 aliphatic rings. The van der Waals surface area contributed by atoms with E-state index in [-0.39, 0.29) is 0 Å². The Morgan fingerprint density at radius 3 is 1.92 bits per heavy atom. The standard InChI is InChI=1S/C9H17N.C2H6/c1-8(2)10-6-5-9(7-10)3-4-9;1-2/h8H,3-7H2,1-2H3;1-2H3. The van der Waals surface area contributed by atoms with Crippen molar-refractivity contribution in [2.24, 2.45) is 5.41 Å². The van der Waals surface area contributed by atoms with Crippen LogP contribution in [0.15, 0.2) is 0 Å². The molecule has 0 atom stereocenters. The zero-order chi connectivity index (χ0) is 9.19. The van der Waals surface area contributed by atoms with Gasteiger partial charge in [0.1, 0.15) is 0 Å². The minimum atomic E-state index is 0.778. The normalized spacial score (nSPS) is 25.8. The van der Waals surface area contributed by atoms with E-state index >= 15 is 0 Å². The Bertz CT molecular complexity index is 136. The lowest BCUT2D eigenvalue weighted by Gasteiger charge is -2.19. The first kappa shape index (κ1) is 10.0. The van der Waals surface area contributed by atoms with Gasteiger partial charge in [-0.1, -0.05) is 13.8 Å². The van der Waals surface area contributed by atoms with Crippen molar-refractivity contribution in [1.82, 2.24) is 4.90 Å². The number of likely N-dealkylation sites (tertiary alicyclic amines) is 1. The van der Waals surface area contributed by atoms with Crippen LogP contribution >= 0.6 is 0 Å². The van der Waals surface area contributed by atoms with Crippen molar-refractivity contribution in [2.45, 2.75) is 53.0 Å². The molecule has 2 fully saturated rings. The van der Waals surface area contributed by atoms with Gasteiger partial charge >= 0.3 is 0 Å². The topological polar surface area (TPSA) is 3.24 Å². The van der Waals surface area contributed by atoms with E-state index in [1.54, 1.807) is 0 Å². The summed E-state index contributed by atoms with van der Waals surface area (Å²) in [5, 5.41) is 0. The van der Waals surface area contributed by atoms with E-state index in [0.717, 1.165) is 11.5 Å². The van der Waals surface area contributed by atoms with Gasteiger partial charge in [0.05, 0.1) is 0 Å². The number of hydrogen-bond acceptors (Lipinski definition) is 1. The van der Waals surface area contributed by atoms with E-state index in [2.05, 4.69) is 18.7 Å².